The third-order valence-corrected chi connectivity index (χ3v) is 2.88. The normalized spacial score (nSPS) is 13.9. The molecule has 0 aromatic heterocycles. The van der Waals surface area contributed by atoms with E-state index in [1.54, 1.807) is 18.2 Å². The molecule has 0 saturated carbocycles. The molecule has 0 aliphatic carbocycles. The first-order valence-corrected chi connectivity index (χ1v) is 6.64. The summed E-state index contributed by atoms with van der Waals surface area (Å²) in [5.74, 6) is -0.194. The van der Waals surface area contributed by atoms with Crippen molar-refractivity contribution in [2.24, 2.45) is 5.73 Å². The second-order valence-electron chi connectivity index (χ2n) is 4.64. The van der Waals surface area contributed by atoms with Gasteiger partial charge in [-0.25, -0.2) is 4.79 Å². The van der Waals surface area contributed by atoms with Crippen molar-refractivity contribution in [2.45, 2.75) is 19.4 Å². The van der Waals surface area contributed by atoms with Gasteiger partial charge in [0.1, 0.15) is 13.2 Å². The Kier molecular flexibility index (Phi) is 4.82. The molecule has 1 aliphatic rings. The minimum absolute atomic E-state index is 0.0369. The first kappa shape index (κ1) is 15.6. The van der Waals surface area contributed by atoms with Gasteiger partial charge in [0.05, 0.1) is 6.42 Å². The zero-order valence-corrected chi connectivity index (χ0v) is 12.0. The molecule has 0 radical (unpaired) electrons. The molecule has 22 heavy (non-hydrogen) atoms. The molecule has 1 atom stereocenters. The number of primary amides is 1. The summed E-state index contributed by atoms with van der Waals surface area (Å²) in [7, 11) is 0. The van der Waals surface area contributed by atoms with Gasteiger partial charge in [0, 0.05) is 0 Å². The quantitative estimate of drug-likeness (QED) is 0.763. The van der Waals surface area contributed by atoms with Crippen molar-refractivity contribution in [2.75, 3.05) is 13.2 Å². The van der Waals surface area contributed by atoms with Crippen molar-refractivity contribution in [1.82, 2.24) is 5.32 Å². The number of nitrogens with one attached hydrogen (secondary N) is 1. The lowest BCUT2D eigenvalue weighted by Gasteiger charge is -2.19. The van der Waals surface area contributed by atoms with Crippen molar-refractivity contribution >= 4 is 17.9 Å². The van der Waals surface area contributed by atoms with Gasteiger partial charge in [-0.05, 0) is 24.6 Å². The van der Waals surface area contributed by atoms with Crippen LogP contribution in [-0.4, -0.2) is 37.2 Å². The van der Waals surface area contributed by atoms with Crippen LogP contribution in [-0.2, 0) is 20.7 Å². The Balaban J connectivity index is 1.91. The second kappa shape index (κ2) is 6.79. The first-order valence-electron chi connectivity index (χ1n) is 6.64. The third kappa shape index (κ3) is 4.11. The zero-order chi connectivity index (χ0) is 16.1. The van der Waals surface area contributed by atoms with Crippen LogP contribution < -0.4 is 20.5 Å². The van der Waals surface area contributed by atoms with Crippen LogP contribution in [0.15, 0.2) is 18.2 Å². The molecule has 1 aliphatic heterocycles. The van der Waals surface area contributed by atoms with Crippen LogP contribution in [0, 0.1) is 0 Å². The van der Waals surface area contributed by atoms with Gasteiger partial charge in [-0.15, -0.1) is 0 Å². The molecule has 1 heterocycles. The second-order valence-corrected chi connectivity index (χ2v) is 4.64. The number of nitrogens with two attached hydrogens (primary N) is 1. The minimum atomic E-state index is -1.11. The number of carbonyl (C=O) groups is 3. The number of urea groups is 1. The van der Waals surface area contributed by atoms with Gasteiger partial charge in [-0.1, -0.05) is 6.07 Å². The van der Waals surface area contributed by atoms with Crippen LogP contribution in [0.1, 0.15) is 12.5 Å². The number of ether oxygens (including phenoxy) is 3. The summed E-state index contributed by atoms with van der Waals surface area (Å²) in [6, 6.07) is 4.10. The standard InChI is InChI=1S/C14H16N2O6/c1-8(13(18)16-14(15)19)22-12(17)7-9-2-3-10-11(6-9)21-5-4-20-10/h2-3,6,8H,4-5,7H2,1H3,(H3,15,16,18,19)/t8-/m1/s1. The van der Waals surface area contributed by atoms with Crippen molar-refractivity contribution < 1.29 is 28.6 Å². The van der Waals surface area contributed by atoms with E-state index in [0.717, 1.165) is 0 Å². The number of esters is 1. The third-order valence-electron chi connectivity index (χ3n) is 2.88. The predicted molar refractivity (Wildman–Crippen MR) is 74.4 cm³/mol. The maximum absolute atomic E-state index is 11.8. The summed E-state index contributed by atoms with van der Waals surface area (Å²) in [4.78, 5) is 33.7. The van der Waals surface area contributed by atoms with E-state index in [4.69, 9.17) is 19.9 Å². The van der Waals surface area contributed by atoms with Gasteiger partial charge in [0.25, 0.3) is 5.91 Å². The molecule has 0 bridgehead atoms. The van der Waals surface area contributed by atoms with Gasteiger partial charge in [0.2, 0.25) is 0 Å². The van der Waals surface area contributed by atoms with Crippen LogP contribution in [0.4, 0.5) is 4.79 Å². The van der Waals surface area contributed by atoms with Crippen LogP contribution in [0.2, 0.25) is 0 Å². The average Bonchev–Trinajstić information content (AvgIpc) is 2.46. The Morgan fingerprint density at radius 2 is 1.95 bits per heavy atom. The van der Waals surface area contributed by atoms with Gasteiger partial charge < -0.3 is 19.9 Å². The van der Waals surface area contributed by atoms with Crippen LogP contribution in [0.5, 0.6) is 11.5 Å². The smallest absolute Gasteiger partial charge is 0.318 e. The molecule has 0 saturated heterocycles. The van der Waals surface area contributed by atoms with E-state index in [-0.39, 0.29) is 6.42 Å². The lowest BCUT2D eigenvalue weighted by molar-refractivity contribution is -0.153. The fourth-order valence-corrected chi connectivity index (χ4v) is 1.88. The fraction of sp³-hybridized carbons (Fsp3) is 0.357. The summed E-state index contributed by atoms with van der Waals surface area (Å²) in [6.45, 7) is 2.28. The number of imide groups is 1. The number of rotatable bonds is 4. The van der Waals surface area contributed by atoms with E-state index < -0.39 is 24.0 Å². The van der Waals surface area contributed by atoms with Crippen LogP contribution in [0.25, 0.3) is 0 Å². The molecule has 0 unspecified atom stereocenters. The van der Waals surface area contributed by atoms with E-state index in [9.17, 15) is 14.4 Å². The molecule has 8 nitrogen and oxygen atoms in total. The maximum Gasteiger partial charge on any atom is 0.318 e. The average molecular weight is 308 g/mol. The summed E-state index contributed by atoms with van der Waals surface area (Å²) in [6.07, 6.45) is -1.15. The summed E-state index contributed by atoms with van der Waals surface area (Å²) in [5.41, 5.74) is 5.48. The van der Waals surface area contributed by atoms with Crippen molar-refractivity contribution in [3.63, 3.8) is 0 Å². The summed E-state index contributed by atoms with van der Waals surface area (Å²) >= 11 is 0. The molecule has 0 spiro atoms. The molecular weight excluding hydrogens is 292 g/mol. The van der Waals surface area contributed by atoms with Crippen LogP contribution >= 0.6 is 0 Å². The van der Waals surface area contributed by atoms with Gasteiger partial charge in [-0.3, -0.25) is 14.9 Å². The monoisotopic (exact) mass is 308 g/mol. The Morgan fingerprint density at radius 3 is 2.64 bits per heavy atom. The Morgan fingerprint density at radius 1 is 1.27 bits per heavy atom. The van der Waals surface area contributed by atoms with Gasteiger partial charge >= 0.3 is 12.0 Å². The molecule has 2 rings (SSSR count). The Hall–Kier alpha value is -2.77. The largest absolute Gasteiger partial charge is 0.486 e. The highest BCUT2D eigenvalue weighted by Crippen LogP contribution is 2.30. The molecule has 8 heteroatoms. The molecule has 0 fully saturated rings. The number of hydrogen-bond donors (Lipinski definition) is 2. The zero-order valence-electron chi connectivity index (χ0n) is 12.0. The lowest BCUT2D eigenvalue weighted by Crippen LogP contribution is -2.42. The molecule has 1 aromatic rings. The number of amides is 3. The number of benzene rings is 1. The van der Waals surface area contributed by atoms with Gasteiger partial charge in [0.15, 0.2) is 17.6 Å². The van der Waals surface area contributed by atoms with E-state index >= 15 is 0 Å². The lowest BCUT2D eigenvalue weighted by atomic mass is 10.1. The van der Waals surface area contributed by atoms with Crippen molar-refractivity contribution in [3.8, 4) is 11.5 Å². The Bertz CT molecular complexity index is 601. The predicted octanol–water partition coefficient (Wildman–Crippen LogP) is 0.127. The molecule has 1 aromatic carbocycles. The minimum Gasteiger partial charge on any atom is -0.486 e. The van der Waals surface area contributed by atoms with Crippen molar-refractivity contribution in [3.05, 3.63) is 23.8 Å². The fourth-order valence-electron chi connectivity index (χ4n) is 1.88. The highest BCUT2D eigenvalue weighted by atomic mass is 16.6. The molecule has 3 N–H and O–H groups in total. The van der Waals surface area contributed by atoms with Crippen molar-refractivity contribution in [1.29, 1.82) is 0 Å². The first-order chi connectivity index (χ1) is 10.5. The highest BCUT2D eigenvalue weighted by Gasteiger charge is 2.20. The highest BCUT2D eigenvalue weighted by molar-refractivity contribution is 5.96. The number of fused-ring (bicyclic) bond motifs is 1. The number of hydrogen-bond acceptors (Lipinski definition) is 6. The Labute approximate surface area is 126 Å². The molecule has 3 amide bonds. The summed E-state index contributed by atoms with van der Waals surface area (Å²) < 4.78 is 15.7. The van der Waals surface area contributed by atoms with E-state index in [1.807, 2.05) is 5.32 Å². The van der Waals surface area contributed by atoms with E-state index in [0.29, 0.717) is 30.3 Å². The molecular formula is C14H16N2O6. The topological polar surface area (TPSA) is 117 Å². The van der Waals surface area contributed by atoms with E-state index in [2.05, 4.69) is 0 Å². The molecule has 118 valence electrons. The van der Waals surface area contributed by atoms with E-state index in [1.165, 1.54) is 6.92 Å². The SMILES string of the molecule is C[C@@H](OC(=O)Cc1ccc2c(c1)OCCO2)C(=O)NC(N)=O. The maximum atomic E-state index is 11.8. The number of carbonyl (C=O) groups excluding carboxylic acids is 3. The summed E-state index contributed by atoms with van der Waals surface area (Å²) in [5, 5.41) is 1.84. The van der Waals surface area contributed by atoms with Gasteiger partial charge in [-0.2, -0.15) is 0 Å². The van der Waals surface area contributed by atoms with Crippen LogP contribution in [0.3, 0.4) is 0 Å².